The summed E-state index contributed by atoms with van der Waals surface area (Å²) in [6.07, 6.45) is 6.99. The Hall–Kier alpha value is -3.13. The molecule has 0 aliphatic carbocycles. The van der Waals surface area contributed by atoms with Gasteiger partial charge in [-0.05, 0) is 38.0 Å². The molecule has 0 bridgehead atoms. The molecule has 8 heteroatoms. The normalized spacial score (nSPS) is 12.0. The molecule has 0 aliphatic rings. The molecule has 0 saturated heterocycles. The van der Waals surface area contributed by atoms with E-state index in [1.807, 2.05) is 6.92 Å². The number of hydrogen-bond acceptors (Lipinski definition) is 5. The van der Waals surface area contributed by atoms with Crippen molar-refractivity contribution in [2.45, 2.75) is 39.2 Å². The highest BCUT2D eigenvalue weighted by Crippen LogP contribution is 2.32. The lowest BCUT2D eigenvalue weighted by Gasteiger charge is -2.11. The number of benzene rings is 1. The Morgan fingerprint density at radius 1 is 1.39 bits per heavy atom. The maximum Gasteiger partial charge on any atom is 0.411 e. The van der Waals surface area contributed by atoms with Crippen molar-refractivity contribution in [1.29, 1.82) is 0 Å². The fourth-order valence-corrected chi connectivity index (χ4v) is 2.74. The number of aryl methyl sites for hydroxylation is 1. The molecular weight excluding hydrogens is 358 g/mol. The third-order valence-corrected chi connectivity index (χ3v) is 4.19. The molecule has 2 amide bonds. The van der Waals surface area contributed by atoms with Gasteiger partial charge in [0.05, 0.1) is 24.5 Å². The van der Waals surface area contributed by atoms with Crippen LogP contribution in [0.2, 0.25) is 0 Å². The van der Waals surface area contributed by atoms with Crippen LogP contribution in [0.15, 0.2) is 30.4 Å². The molecule has 0 spiro atoms. The van der Waals surface area contributed by atoms with Crippen LogP contribution in [0.3, 0.4) is 0 Å². The van der Waals surface area contributed by atoms with Gasteiger partial charge in [0, 0.05) is 16.9 Å². The number of rotatable bonds is 9. The molecule has 1 heterocycles. The predicted octanol–water partition coefficient (Wildman–Crippen LogP) is 3.88. The standard InChI is InChI=1S/C20H27N5O3/c1-4-5-6-7-8-16(21)19-23-13(2)18(25-19)15-10-9-14(24-20(27)28-3)11-17(15)22-12-26/h6-7,9-12,16H,4-5,8,21H2,1-3H3,(H,22,26)(H,23,25)(H,24,27)/b7-6+/t16-/m0/s1. The third-order valence-electron chi connectivity index (χ3n) is 4.19. The maximum atomic E-state index is 11.4. The van der Waals surface area contributed by atoms with Crippen LogP contribution in [-0.2, 0) is 9.53 Å². The summed E-state index contributed by atoms with van der Waals surface area (Å²) in [5.41, 5.74) is 9.51. The molecule has 5 N–H and O–H groups in total. The van der Waals surface area contributed by atoms with Crippen LogP contribution < -0.4 is 16.4 Å². The number of nitrogens with one attached hydrogen (secondary N) is 3. The average Bonchev–Trinajstić information content (AvgIpc) is 3.07. The number of unbranched alkanes of at least 4 members (excludes halogenated alkanes) is 1. The Morgan fingerprint density at radius 3 is 2.86 bits per heavy atom. The highest BCUT2D eigenvalue weighted by atomic mass is 16.5. The van der Waals surface area contributed by atoms with Gasteiger partial charge in [-0.2, -0.15) is 0 Å². The van der Waals surface area contributed by atoms with E-state index in [9.17, 15) is 9.59 Å². The zero-order chi connectivity index (χ0) is 20.5. The van der Waals surface area contributed by atoms with E-state index in [-0.39, 0.29) is 6.04 Å². The number of ether oxygens (including phenoxy) is 1. The Morgan fingerprint density at radius 2 is 2.18 bits per heavy atom. The van der Waals surface area contributed by atoms with Crippen molar-refractivity contribution in [3.8, 4) is 11.3 Å². The van der Waals surface area contributed by atoms with Crippen LogP contribution in [0.25, 0.3) is 11.3 Å². The number of nitrogens with zero attached hydrogens (tertiary/aromatic N) is 1. The van der Waals surface area contributed by atoms with Crippen molar-refractivity contribution in [2.24, 2.45) is 5.73 Å². The van der Waals surface area contributed by atoms with E-state index < -0.39 is 6.09 Å². The highest BCUT2D eigenvalue weighted by molar-refractivity contribution is 5.90. The number of aromatic amines is 1. The van der Waals surface area contributed by atoms with Crippen molar-refractivity contribution >= 4 is 23.9 Å². The number of hydrogen-bond donors (Lipinski definition) is 4. The van der Waals surface area contributed by atoms with Gasteiger partial charge in [-0.1, -0.05) is 25.5 Å². The molecule has 1 atom stereocenters. The van der Waals surface area contributed by atoms with E-state index in [1.54, 1.807) is 18.2 Å². The molecule has 1 aromatic carbocycles. The first kappa shape index (κ1) is 21.2. The average molecular weight is 385 g/mol. The second kappa shape index (κ2) is 10.3. The van der Waals surface area contributed by atoms with Gasteiger partial charge in [0.25, 0.3) is 0 Å². The smallest absolute Gasteiger partial charge is 0.411 e. The number of carbonyl (C=O) groups is 2. The maximum absolute atomic E-state index is 11.4. The lowest BCUT2D eigenvalue weighted by atomic mass is 10.1. The minimum absolute atomic E-state index is 0.247. The highest BCUT2D eigenvalue weighted by Gasteiger charge is 2.17. The van der Waals surface area contributed by atoms with E-state index in [1.165, 1.54) is 7.11 Å². The van der Waals surface area contributed by atoms with Crippen molar-refractivity contribution < 1.29 is 14.3 Å². The number of anilines is 2. The van der Waals surface area contributed by atoms with Gasteiger partial charge in [0.15, 0.2) is 0 Å². The summed E-state index contributed by atoms with van der Waals surface area (Å²) in [4.78, 5) is 30.3. The Kier molecular flexibility index (Phi) is 7.76. The molecule has 0 aliphatic heterocycles. The molecule has 8 nitrogen and oxygen atoms in total. The van der Waals surface area contributed by atoms with Crippen LogP contribution in [0.1, 0.15) is 43.7 Å². The number of imidazole rings is 1. The second-order valence-electron chi connectivity index (χ2n) is 6.34. The fourth-order valence-electron chi connectivity index (χ4n) is 2.74. The first-order valence-corrected chi connectivity index (χ1v) is 9.16. The van der Waals surface area contributed by atoms with Gasteiger partial charge < -0.3 is 20.8 Å². The summed E-state index contributed by atoms with van der Waals surface area (Å²) in [5, 5.41) is 5.22. The molecule has 0 saturated carbocycles. The first-order valence-electron chi connectivity index (χ1n) is 9.16. The summed E-state index contributed by atoms with van der Waals surface area (Å²) < 4.78 is 4.59. The molecule has 0 unspecified atom stereocenters. The van der Waals surface area contributed by atoms with Crippen molar-refractivity contribution in [3.05, 3.63) is 41.9 Å². The van der Waals surface area contributed by atoms with Crippen molar-refractivity contribution in [2.75, 3.05) is 17.7 Å². The van der Waals surface area contributed by atoms with Crippen LogP contribution >= 0.6 is 0 Å². The monoisotopic (exact) mass is 385 g/mol. The molecule has 150 valence electrons. The van der Waals surface area contributed by atoms with E-state index in [0.29, 0.717) is 35.7 Å². The number of allylic oxidation sites excluding steroid dienone is 1. The van der Waals surface area contributed by atoms with E-state index in [0.717, 1.165) is 24.1 Å². The van der Waals surface area contributed by atoms with E-state index >= 15 is 0 Å². The number of H-pyrrole nitrogens is 1. The largest absolute Gasteiger partial charge is 0.453 e. The van der Waals surface area contributed by atoms with E-state index in [2.05, 4.69) is 44.4 Å². The minimum Gasteiger partial charge on any atom is -0.453 e. The summed E-state index contributed by atoms with van der Waals surface area (Å²) in [7, 11) is 1.28. The van der Waals surface area contributed by atoms with E-state index in [4.69, 9.17) is 5.73 Å². The van der Waals surface area contributed by atoms with Crippen LogP contribution in [-0.4, -0.2) is 29.6 Å². The van der Waals surface area contributed by atoms with Gasteiger partial charge in [-0.3, -0.25) is 10.1 Å². The molecule has 1 aromatic heterocycles. The summed E-state index contributed by atoms with van der Waals surface area (Å²) in [5.74, 6) is 0.683. The van der Waals surface area contributed by atoms with Gasteiger partial charge in [0.2, 0.25) is 6.41 Å². The van der Waals surface area contributed by atoms with Gasteiger partial charge in [0.1, 0.15) is 5.82 Å². The Labute approximate surface area is 164 Å². The summed E-state index contributed by atoms with van der Waals surface area (Å²) >= 11 is 0. The zero-order valence-electron chi connectivity index (χ0n) is 16.4. The third kappa shape index (κ3) is 5.43. The minimum atomic E-state index is -0.592. The quantitative estimate of drug-likeness (QED) is 0.385. The molecule has 28 heavy (non-hydrogen) atoms. The molecular formula is C20H27N5O3. The van der Waals surface area contributed by atoms with Gasteiger partial charge >= 0.3 is 6.09 Å². The number of carbonyl (C=O) groups excluding carboxylic acids is 2. The molecule has 0 fully saturated rings. The summed E-state index contributed by atoms with van der Waals surface area (Å²) in [6.45, 7) is 4.03. The number of nitrogens with two attached hydrogens (primary N) is 1. The SMILES string of the molecule is CCC/C=C/C[C@H](N)c1nc(-c2ccc(NC(=O)OC)cc2NC=O)c(C)[nH]1. The number of methoxy groups -OCH3 is 1. The van der Waals surface area contributed by atoms with Crippen LogP contribution in [0.5, 0.6) is 0 Å². The molecule has 2 rings (SSSR count). The topological polar surface area (TPSA) is 122 Å². The van der Waals surface area contributed by atoms with Crippen molar-refractivity contribution in [1.82, 2.24) is 9.97 Å². The number of aromatic nitrogens is 2. The second-order valence-corrected chi connectivity index (χ2v) is 6.34. The predicted molar refractivity (Wildman–Crippen MR) is 110 cm³/mol. The number of amides is 2. The van der Waals surface area contributed by atoms with Gasteiger partial charge in [-0.25, -0.2) is 9.78 Å². The first-order chi connectivity index (χ1) is 13.5. The van der Waals surface area contributed by atoms with Crippen LogP contribution in [0, 0.1) is 6.92 Å². The molecule has 0 radical (unpaired) electrons. The Balaban J connectivity index is 2.29. The Bertz CT molecular complexity index is 844. The summed E-state index contributed by atoms with van der Waals surface area (Å²) in [6, 6.07) is 4.88. The lowest BCUT2D eigenvalue weighted by Crippen LogP contribution is -2.11. The van der Waals surface area contributed by atoms with Crippen molar-refractivity contribution in [3.63, 3.8) is 0 Å². The zero-order valence-corrected chi connectivity index (χ0v) is 16.4. The molecule has 2 aromatic rings. The van der Waals surface area contributed by atoms with Crippen LogP contribution in [0.4, 0.5) is 16.2 Å². The lowest BCUT2D eigenvalue weighted by molar-refractivity contribution is -0.105. The van der Waals surface area contributed by atoms with Gasteiger partial charge in [-0.15, -0.1) is 0 Å². The fraction of sp³-hybridized carbons (Fsp3) is 0.350.